The second-order valence-corrected chi connectivity index (χ2v) is 9.65. The van der Waals surface area contributed by atoms with Crippen molar-refractivity contribution < 1.29 is 4.79 Å². The van der Waals surface area contributed by atoms with Crippen molar-refractivity contribution in [2.45, 2.75) is 0 Å². The van der Waals surface area contributed by atoms with Gasteiger partial charge in [0.1, 0.15) is 5.71 Å². The van der Waals surface area contributed by atoms with E-state index >= 15 is 0 Å². The van der Waals surface area contributed by atoms with Gasteiger partial charge in [-0.3, -0.25) is 10.2 Å². The van der Waals surface area contributed by atoms with E-state index in [-0.39, 0.29) is 11.6 Å². The monoisotopic (exact) mass is 506 g/mol. The summed E-state index contributed by atoms with van der Waals surface area (Å²) < 4.78 is 0. The Labute approximate surface area is 215 Å². The van der Waals surface area contributed by atoms with Gasteiger partial charge in [-0.2, -0.15) is 15.2 Å². The summed E-state index contributed by atoms with van der Waals surface area (Å²) in [5, 5.41) is 13.4. The minimum absolute atomic E-state index is 0.203. The Morgan fingerprint density at radius 1 is 0.806 bits per heavy atom. The van der Waals surface area contributed by atoms with Crippen LogP contribution in [0.25, 0.3) is 21.7 Å². The molecular weight excluding hydrogens is 488 g/mol. The predicted molar refractivity (Wildman–Crippen MR) is 147 cm³/mol. The van der Waals surface area contributed by atoms with Crippen molar-refractivity contribution in [1.29, 1.82) is 0 Å². The lowest BCUT2D eigenvalue weighted by molar-refractivity contribution is -0.112. The molecule has 6 rings (SSSR count). The van der Waals surface area contributed by atoms with Crippen molar-refractivity contribution in [2.75, 3.05) is 10.4 Å². The van der Waals surface area contributed by atoms with Crippen molar-refractivity contribution in [3.8, 4) is 21.7 Å². The first-order valence-corrected chi connectivity index (χ1v) is 12.8. The highest BCUT2D eigenvalue weighted by molar-refractivity contribution is 7.18. The number of hydrogen-bond acceptors (Lipinski definition) is 8. The molecule has 36 heavy (non-hydrogen) atoms. The highest BCUT2D eigenvalue weighted by atomic mass is 32.1. The van der Waals surface area contributed by atoms with E-state index in [1.807, 2.05) is 96.4 Å². The van der Waals surface area contributed by atoms with Crippen LogP contribution in [0.2, 0.25) is 0 Å². The van der Waals surface area contributed by atoms with Crippen LogP contribution in [0, 0.1) is 0 Å². The third-order valence-electron chi connectivity index (χ3n) is 5.44. The van der Waals surface area contributed by atoms with Crippen molar-refractivity contribution in [1.82, 2.24) is 9.97 Å². The molecule has 9 heteroatoms. The summed E-state index contributed by atoms with van der Waals surface area (Å²) >= 11 is 2.82. The molecule has 1 aliphatic rings. The Kier molecular flexibility index (Phi) is 5.90. The standard InChI is InChI=1S/C27H18N6OS2/c34-25-24(30-31-26-28-16-22(36-26)19-12-6-2-7-13-19)23(20-14-8-3-9-15-20)32-33(25)27-29-21(17-35-27)18-10-4-1-5-11-18/h1-17H,(H,28,31)/b30-24-. The summed E-state index contributed by atoms with van der Waals surface area (Å²) in [5.74, 6) is -0.352. The number of nitrogens with zero attached hydrogens (tertiary/aromatic N) is 5. The molecule has 5 aromatic rings. The summed E-state index contributed by atoms with van der Waals surface area (Å²) in [4.78, 5) is 23.6. The number of amides is 1. The van der Waals surface area contributed by atoms with Crippen LogP contribution in [0.1, 0.15) is 5.56 Å². The van der Waals surface area contributed by atoms with Gasteiger partial charge < -0.3 is 0 Å². The number of anilines is 2. The van der Waals surface area contributed by atoms with E-state index in [2.05, 4.69) is 25.6 Å². The van der Waals surface area contributed by atoms with Crippen molar-refractivity contribution in [3.63, 3.8) is 0 Å². The molecule has 3 heterocycles. The number of rotatable bonds is 6. The zero-order valence-corrected chi connectivity index (χ0v) is 20.4. The second kappa shape index (κ2) is 9.65. The zero-order valence-electron chi connectivity index (χ0n) is 18.8. The van der Waals surface area contributed by atoms with Crippen molar-refractivity contribution in [3.05, 3.63) is 108 Å². The molecule has 2 aromatic heterocycles. The van der Waals surface area contributed by atoms with Crippen LogP contribution in [0.15, 0.2) is 113 Å². The summed E-state index contributed by atoms with van der Waals surface area (Å²) in [5.41, 5.74) is 7.27. The maximum atomic E-state index is 13.5. The third kappa shape index (κ3) is 4.33. The molecule has 0 saturated heterocycles. The number of nitrogens with one attached hydrogen (secondary N) is 1. The van der Waals surface area contributed by atoms with Gasteiger partial charge in [0.05, 0.1) is 10.6 Å². The van der Waals surface area contributed by atoms with Gasteiger partial charge in [0, 0.05) is 22.7 Å². The fourth-order valence-corrected chi connectivity index (χ4v) is 5.23. The van der Waals surface area contributed by atoms with E-state index in [1.54, 1.807) is 6.20 Å². The molecule has 0 radical (unpaired) electrons. The minimum Gasteiger partial charge on any atom is -0.265 e. The Bertz CT molecular complexity index is 1580. The summed E-state index contributed by atoms with van der Waals surface area (Å²) in [6.07, 6.45) is 1.79. The normalized spacial score (nSPS) is 14.3. The van der Waals surface area contributed by atoms with Gasteiger partial charge in [-0.05, 0) is 5.56 Å². The molecule has 0 spiro atoms. The predicted octanol–water partition coefficient (Wildman–Crippen LogP) is 6.15. The van der Waals surface area contributed by atoms with E-state index in [4.69, 9.17) is 0 Å². The number of hydrazone groups is 2. The van der Waals surface area contributed by atoms with E-state index in [0.717, 1.165) is 27.3 Å². The maximum absolute atomic E-state index is 13.5. The average molecular weight is 507 g/mol. The lowest BCUT2D eigenvalue weighted by Crippen LogP contribution is -2.28. The van der Waals surface area contributed by atoms with E-state index in [9.17, 15) is 4.79 Å². The number of carbonyl (C=O) groups excluding carboxylic acids is 1. The summed E-state index contributed by atoms with van der Waals surface area (Å²) in [6, 6.07) is 29.4. The smallest absolute Gasteiger partial charge is 0.265 e. The molecule has 174 valence electrons. The Morgan fingerprint density at radius 2 is 1.44 bits per heavy atom. The van der Waals surface area contributed by atoms with Crippen LogP contribution in [0.5, 0.6) is 0 Å². The molecule has 1 aliphatic heterocycles. The van der Waals surface area contributed by atoms with E-state index in [1.165, 1.54) is 27.7 Å². The van der Waals surface area contributed by atoms with Crippen LogP contribution in [0.4, 0.5) is 10.3 Å². The zero-order chi connectivity index (χ0) is 24.3. The minimum atomic E-state index is -0.352. The van der Waals surface area contributed by atoms with Crippen LogP contribution in [0.3, 0.4) is 0 Å². The second-order valence-electron chi connectivity index (χ2n) is 7.78. The molecule has 0 unspecified atom stereocenters. The molecule has 1 amide bonds. The van der Waals surface area contributed by atoms with Crippen LogP contribution in [-0.4, -0.2) is 27.3 Å². The average Bonchev–Trinajstić information content (AvgIpc) is 3.68. The van der Waals surface area contributed by atoms with Gasteiger partial charge in [0.15, 0.2) is 5.71 Å². The van der Waals surface area contributed by atoms with Gasteiger partial charge in [-0.1, -0.05) is 102 Å². The van der Waals surface area contributed by atoms with Crippen molar-refractivity contribution >= 4 is 50.3 Å². The number of aromatic nitrogens is 2. The van der Waals surface area contributed by atoms with Crippen LogP contribution < -0.4 is 10.4 Å². The first kappa shape index (κ1) is 22.0. The highest BCUT2D eigenvalue weighted by Crippen LogP contribution is 2.31. The quantitative estimate of drug-likeness (QED) is 0.280. The highest BCUT2D eigenvalue weighted by Gasteiger charge is 2.35. The molecule has 3 aromatic carbocycles. The maximum Gasteiger partial charge on any atom is 0.303 e. The lowest BCUT2D eigenvalue weighted by Gasteiger charge is -2.06. The fraction of sp³-hybridized carbons (Fsp3) is 0. The lowest BCUT2D eigenvalue weighted by atomic mass is 10.1. The molecule has 0 saturated carbocycles. The van der Waals surface area contributed by atoms with Gasteiger partial charge in [-0.25, -0.2) is 9.97 Å². The molecule has 0 aliphatic carbocycles. The van der Waals surface area contributed by atoms with Gasteiger partial charge in [0.25, 0.3) is 0 Å². The Morgan fingerprint density at radius 3 is 2.14 bits per heavy atom. The van der Waals surface area contributed by atoms with Crippen LogP contribution >= 0.6 is 22.7 Å². The van der Waals surface area contributed by atoms with Gasteiger partial charge >= 0.3 is 5.91 Å². The van der Waals surface area contributed by atoms with Gasteiger partial charge in [0.2, 0.25) is 10.3 Å². The van der Waals surface area contributed by atoms with Crippen molar-refractivity contribution in [2.24, 2.45) is 10.2 Å². The summed E-state index contributed by atoms with van der Waals surface area (Å²) in [7, 11) is 0. The summed E-state index contributed by atoms with van der Waals surface area (Å²) in [6.45, 7) is 0. The third-order valence-corrected chi connectivity index (χ3v) is 7.20. The first-order chi connectivity index (χ1) is 17.8. The molecule has 7 nitrogen and oxygen atoms in total. The van der Waals surface area contributed by atoms with Gasteiger partial charge in [-0.15, -0.1) is 11.3 Å². The molecular formula is C27H18N6OS2. The fourth-order valence-electron chi connectivity index (χ4n) is 3.68. The number of hydrogen-bond donors (Lipinski definition) is 1. The topological polar surface area (TPSA) is 82.8 Å². The molecule has 0 bridgehead atoms. The molecule has 0 atom stereocenters. The Hall–Kier alpha value is -4.47. The van der Waals surface area contributed by atoms with Crippen LogP contribution in [-0.2, 0) is 4.79 Å². The Balaban J connectivity index is 1.31. The number of carbonyl (C=O) groups is 1. The first-order valence-electron chi connectivity index (χ1n) is 11.1. The largest absolute Gasteiger partial charge is 0.303 e. The SMILES string of the molecule is O=C1/C(=N\Nc2ncc(-c3ccccc3)s2)C(c2ccccc2)=NN1c1nc(-c2ccccc2)cs1. The number of benzene rings is 3. The van der Waals surface area contributed by atoms with E-state index < -0.39 is 0 Å². The molecule has 0 fully saturated rings. The van der Waals surface area contributed by atoms with E-state index in [0.29, 0.717) is 16.0 Å². The molecule has 1 N–H and O–H groups in total. The number of thiazole rings is 2.